The van der Waals surface area contributed by atoms with Gasteiger partial charge in [0.05, 0.1) is 5.92 Å². The topological polar surface area (TPSA) is 17.1 Å². The van der Waals surface area contributed by atoms with E-state index in [2.05, 4.69) is 0 Å². The Kier molecular flexibility index (Phi) is 9.18. The van der Waals surface area contributed by atoms with Gasteiger partial charge < -0.3 is 0 Å². The first-order chi connectivity index (χ1) is 4.46. The molecule has 0 amide bonds. The molecule has 0 aromatic rings. The van der Waals surface area contributed by atoms with Gasteiger partial charge in [0.2, 0.25) is 0 Å². The van der Waals surface area contributed by atoms with Crippen molar-refractivity contribution in [3.05, 3.63) is 0 Å². The third kappa shape index (κ3) is 5.55. The maximum absolute atomic E-state index is 10.9. The molecular weight excluding hydrogens is 252 g/mol. The van der Waals surface area contributed by atoms with Crippen LogP contribution in [0, 0.1) is 5.92 Å². The van der Waals surface area contributed by atoms with Crippen LogP contribution in [0.15, 0.2) is 0 Å². The van der Waals surface area contributed by atoms with Gasteiger partial charge in [0.25, 0.3) is 0 Å². The number of hydrogen-bond donors (Lipinski definition) is 0. The van der Waals surface area contributed by atoms with Gasteiger partial charge in [-0.05, 0) is 20.8 Å². The summed E-state index contributed by atoms with van der Waals surface area (Å²) in [4.78, 5) is 12.2. The predicted molar refractivity (Wildman–Crippen MR) is 56.5 cm³/mol. The molecule has 0 bridgehead atoms. The molecule has 0 saturated carbocycles. The Morgan fingerprint density at radius 2 is 1.36 bits per heavy atom. The van der Waals surface area contributed by atoms with E-state index < -0.39 is 0 Å². The quantitative estimate of drug-likeness (QED) is 0.568. The molecule has 0 aliphatic heterocycles. The van der Waals surface area contributed by atoms with E-state index in [-0.39, 0.29) is 57.2 Å². The van der Waals surface area contributed by atoms with Gasteiger partial charge in [-0.25, -0.2) is 0 Å². The molecule has 0 saturated heterocycles. The second kappa shape index (κ2) is 6.80. The smallest absolute Gasteiger partial charge is 0.142 e. The molecule has 0 aromatic carbocycles. The first-order valence-electron chi connectivity index (χ1n) is 2.98. The zero-order valence-corrected chi connectivity index (χ0v) is 12.1. The standard InChI is InChI=1S/C7H10OS2.Sr/c1-4(8)7(5(2)9)6(3)10;/h7H,1-3H3;. The number of hydrogen-bond acceptors (Lipinski definition) is 3. The number of rotatable bonds is 3. The van der Waals surface area contributed by atoms with Crippen LogP contribution in [0.25, 0.3) is 0 Å². The van der Waals surface area contributed by atoms with Gasteiger partial charge in [-0.1, -0.05) is 24.4 Å². The molecule has 0 unspecified atom stereocenters. The maximum atomic E-state index is 10.9. The molecule has 0 fully saturated rings. The summed E-state index contributed by atoms with van der Waals surface area (Å²) in [6.07, 6.45) is 0. The molecular formula is C7H10OS2Sr. The zero-order valence-electron chi connectivity index (χ0n) is 7.01. The fourth-order valence-corrected chi connectivity index (χ4v) is 1.62. The van der Waals surface area contributed by atoms with Crippen molar-refractivity contribution in [2.75, 3.05) is 0 Å². The van der Waals surface area contributed by atoms with Crippen LogP contribution in [0.3, 0.4) is 0 Å². The Hall–Kier alpha value is 1.33. The summed E-state index contributed by atoms with van der Waals surface area (Å²) < 4.78 is 0. The van der Waals surface area contributed by atoms with Crippen LogP contribution in [0.4, 0.5) is 0 Å². The molecule has 1 nitrogen and oxygen atoms in total. The Morgan fingerprint density at radius 1 is 1.09 bits per heavy atom. The van der Waals surface area contributed by atoms with Crippen LogP contribution in [0.5, 0.6) is 0 Å². The normalized spacial score (nSPS) is 8.73. The van der Waals surface area contributed by atoms with Gasteiger partial charge in [-0.3, -0.25) is 4.79 Å². The Morgan fingerprint density at radius 3 is 1.36 bits per heavy atom. The Bertz CT molecular complexity index is 156. The summed E-state index contributed by atoms with van der Waals surface area (Å²) >= 11 is 9.72. The van der Waals surface area contributed by atoms with Crippen LogP contribution >= 0.6 is 24.4 Å². The first-order valence-corrected chi connectivity index (χ1v) is 3.79. The monoisotopic (exact) mass is 262 g/mol. The molecule has 0 aromatic heterocycles. The van der Waals surface area contributed by atoms with Crippen LogP contribution in [-0.2, 0) is 4.79 Å². The minimum Gasteiger partial charge on any atom is -0.299 e. The summed E-state index contributed by atoms with van der Waals surface area (Å²) in [6, 6.07) is 0. The molecule has 0 N–H and O–H groups in total. The van der Waals surface area contributed by atoms with Crippen LogP contribution in [-0.4, -0.2) is 61.0 Å². The van der Waals surface area contributed by atoms with Crippen molar-refractivity contribution in [1.82, 2.24) is 0 Å². The third-order valence-electron chi connectivity index (χ3n) is 1.22. The zero-order chi connectivity index (χ0) is 8.31. The second-order valence-electron chi connectivity index (χ2n) is 2.26. The summed E-state index contributed by atoms with van der Waals surface area (Å²) in [5.74, 6) is -0.245. The molecule has 58 valence electrons. The van der Waals surface area contributed by atoms with Gasteiger partial charge in [0, 0.05) is 55.2 Å². The van der Waals surface area contributed by atoms with Gasteiger partial charge in [-0.15, -0.1) is 0 Å². The molecule has 0 aliphatic carbocycles. The average Bonchev–Trinajstić information content (AvgIpc) is 1.59. The second-order valence-corrected chi connectivity index (χ2v) is 3.55. The van der Waals surface area contributed by atoms with Crippen molar-refractivity contribution in [2.24, 2.45) is 5.92 Å². The van der Waals surface area contributed by atoms with Crippen molar-refractivity contribution >= 4 is 85.4 Å². The maximum Gasteiger partial charge on any atom is 0.142 e. The summed E-state index contributed by atoms with van der Waals surface area (Å²) in [7, 11) is 0. The number of ketones is 1. The van der Waals surface area contributed by atoms with E-state index in [1.54, 1.807) is 13.8 Å². The fraction of sp³-hybridized carbons (Fsp3) is 0.571. The minimum atomic E-state index is -0.287. The van der Waals surface area contributed by atoms with E-state index >= 15 is 0 Å². The molecule has 11 heavy (non-hydrogen) atoms. The van der Waals surface area contributed by atoms with E-state index in [4.69, 9.17) is 24.4 Å². The van der Waals surface area contributed by atoms with Crippen LogP contribution < -0.4 is 0 Å². The SMILES string of the molecule is CC(=O)C(C(C)=S)C(C)=S.[Sr]. The van der Waals surface area contributed by atoms with Gasteiger partial charge in [-0.2, -0.15) is 0 Å². The number of thiocarbonyl (C=S) groups is 2. The van der Waals surface area contributed by atoms with Gasteiger partial charge in [0.1, 0.15) is 5.78 Å². The molecule has 0 atom stereocenters. The Labute approximate surface area is 115 Å². The van der Waals surface area contributed by atoms with Gasteiger partial charge >= 0.3 is 0 Å². The van der Waals surface area contributed by atoms with Crippen molar-refractivity contribution in [1.29, 1.82) is 0 Å². The fourth-order valence-electron chi connectivity index (χ4n) is 0.859. The third-order valence-corrected chi connectivity index (χ3v) is 1.69. The van der Waals surface area contributed by atoms with E-state index in [0.717, 1.165) is 0 Å². The number of carbonyl (C=O) groups excluding carboxylic acids is 1. The van der Waals surface area contributed by atoms with Crippen molar-refractivity contribution in [3.8, 4) is 0 Å². The molecule has 0 heterocycles. The molecule has 0 spiro atoms. The van der Waals surface area contributed by atoms with Crippen molar-refractivity contribution in [2.45, 2.75) is 20.8 Å². The van der Waals surface area contributed by atoms with E-state index in [0.29, 0.717) is 9.73 Å². The van der Waals surface area contributed by atoms with Crippen molar-refractivity contribution < 1.29 is 4.79 Å². The van der Waals surface area contributed by atoms with E-state index in [1.807, 2.05) is 0 Å². The average molecular weight is 262 g/mol. The summed E-state index contributed by atoms with van der Waals surface area (Å²) in [6.45, 7) is 5.00. The molecule has 2 radical (unpaired) electrons. The number of carbonyl (C=O) groups is 1. The van der Waals surface area contributed by atoms with Crippen molar-refractivity contribution in [3.63, 3.8) is 0 Å². The first kappa shape index (κ1) is 14.8. The molecule has 0 aliphatic rings. The predicted octanol–water partition coefficient (Wildman–Crippen LogP) is 1.59. The summed E-state index contributed by atoms with van der Waals surface area (Å²) in [5.41, 5.74) is 0. The summed E-state index contributed by atoms with van der Waals surface area (Å²) in [5, 5.41) is 0. The molecule has 4 heteroatoms. The van der Waals surface area contributed by atoms with E-state index in [9.17, 15) is 4.79 Å². The Balaban J connectivity index is 0. The van der Waals surface area contributed by atoms with Gasteiger partial charge in [0.15, 0.2) is 0 Å². The van der Waals surface area contributed by atoms with Crippen LogP contribution in [0.1, 0.15) is 20.8 Å². The molecule has 0 rings (SSSR count). The number of Topliss-reactive ketones (excluding diaryl/α,β-unsaturated/α-hetero) is 1. The van der Waals surface area contributed by atoms with E-state index in [1.165, 1.54) is 6.92 Å². The minimum absolute atomic E-state index is 0. The van der Waals surface area contributed by atoms with Crippen LogP contribution in [0.2, 0.25) is 0 Å². The largest absolute Gasteiger partial charge is 0.299 e.